The Kier molecular flexibility index (Phi) is 4.48. The Hall–Kier alpha value is -3.01. The number of ether oxygens (including phenoxy) is 1. The maximum absolute atomic E-state index is 13.9. The van der Waals surface area contributed by atoms with Gasteiger partial charge in [0.05, 0.1) is 23.5 Å². The molecule has 1 aliphatic rings. The van der Waals surface area contributed by atoms with Crippen molar-refractivity contribution in [1.82, 2.24) is 9.97 Å². The van der Waals surface area contributed by atoms with Gasteiger partial charge in [-0.05, 0) is 11.4 Å². The van der Waals surface area contributed by atoms with Crippen LogP contribution in [0.15, 0.2) is 29.9 Å². The van der Waals surface area contributed by atoms with Crippen LogP contribution in [0.25, 0.3) is 10.2 Å². The number of piperazine rings is 1. The lowest BCUT2D eigenvalue weighted by Gasteiger charge is -2.36. The first-order valence-electron chi connectivity index (χ1n) is 8.28. The lowest BCUT2D eigenvalue weighted by atomic mass is 10.2. The average molecular weight is 389 g/mol. The van der Waals surface area contributed by atoms with E-state index in [1.165, 1.54) is 13.2 Å². The molecule has 8 nitrogen and oxygen atoms in total. The van der Waals surface area contributed by atoms with Crippen molar-refractivity contribution < 1.29 is 14.1 Å². The summed E-state index contributed by atoms with van der Waals surface area (Å²) in [6.07, 6.45) is 1.55. The van der Waals surface area contributed by atoms with Crippen molar-refractivity contribution in [1.29, 1.82) is 0 Å². The third kappa shape index (κ3) is 3.12. The first-order valence-corrected chi connectivity index (χ1v) is 9.16. The average Bonchev–Trinajstić information content (AvgIpc) is 3.17. The largest absolute Gasteiger partial charge is 0.494 e. The Morgan fingerprint density at radius 2 is 1.96 bits per heavy atom. The van der Waals surface area contributed by atoms with Crippen molar-refractivity contribution in [3.05, 3.63) is 45.8 Å². The summed E-state index contributed by atoms with van der Waals surface area (Å²) < 4.78 is 18.9. The summed E-state index contributed by atoms with van der Waals surface area (Å²) in [5, 5.41) is 14.3. The van der Waals surface area contributed by atoms with Crippen molar-refractivity contribution >= 4 is 38.7 Å². The molecule has 140 valence electrons. The summed E-state index contributed by atoms with van der Waals surface area (Å²) in [4.78, 5) is 24.4. The molecule has 27 heavy (non-hydrogen) atoms. The smallest absolute Gasteiger partial charge is 0.295 e. The standard InChI is InChI=1S/C17H16FN5O3S/c1-26-15-9-13(14(23(24)25)8-12(15)18)21-3-5-22(6-4-21)16-11-2-7-27-17(11)20-10-19-16/h2,7-10H,3-6H2,1H3. The summed E-state index contributed by atoms with van der Waals surface area (Å²) >= 11 is 1.56. The molecule has 1 aliphatic heterocycles. The second-order valence-electron chi connectivity index (χ2n) is 6.04. The van der Waals surface area contributed by atoms with Gasteiger partial charge >= 0.3 is 0 Å². The molecule has 4 rings (SSSR count). The lowest BCUT2D eigenvalue weighted by molar-refractivity contribution is -0.384. The normalized spacial score (nSPS) is 14.6. The number of anilines is 2. The highest BCUT2D eigenvalue weighted by Crippen LogP contribution is 2.35. The Bertz CT molecular complexity index is 1000. The van der Waals surface area contributed by atoms with Gasteiger partial charge in [0.15, 0.2) is 11.6 Å². The predicted molar refractivity (Wildman–Crippen MR) is 101 cm³/mol. The van der Waals surface area contributed by atoms with E-state index in [9.17, 15) is 14.5 Å². The van der Waals surface area contributed by atoms with E-state index in [1.54, 1.807) is 17.7 Å². The molecule has 10 heteroatoms. The fourth-order valence-corrected chi connectivity index (χ4v) is 4.00. The minimum absolute atomic E-state index is 0.00573. The van der Waals surface area contributed by atoms with Crippen molar-refractivity contribution in [2.24, 2.45) is 0 Å². The van der Waals surface area contributed by atoms with Crippen LogP contribution in [0.1, 0.15) is 0 Å². The molecule has 0 atom stereocenters. The number of nitro groups is 1. The summed E-state index contributed by atoms with van der Waals surface area (Å²) in [5.41, 5.74) is 0.102. The Balaban J connectivity index is 1.59. The first-order chi connectivity index (χ1) is 13.1. The number of aromatic nitrogens is 2. The van der Waals surface area contributed by atoms with Gasteiger partial charge in [0.1, 0.15) is 22.7 Å². The van der Waals surface area contributed by atoms with Crippen LogP contribution in [0.3, 0.4) is 0 Å². The summed E-state index contributed by atoms with van der Waals surface area (Å²) in [6, 6.07) is 4.31. The van der Waals surface area contributed by atoms with Crippen LogP contribution < -0.4 is 14.5 Å². The van der Waals surface area contributed by atoms with E-state index < -0.39 is 10.7 Å². The highest BCUT2D eigenvalue weighted by molar-refractivity contribution is 7.16. The first kappa shape index (κ1) is 17.4. The van der Waals surface area contributed by atoms with Crippen molar-refractivity contribution in [3.63, 3.8) is 0 Å². The second kappa shape index (κ2) is 6.95. The molecule has 2 aromatic heterocycles. The van der Waals surface area contributed by atoms with E-state index in [4.69, 9.17) is 4.74 Å². The number of hydrogen-bond acceptors (Lipinski definition) is 8. The van der Waals surface area contributed by atoms with Crippen molar-refractivity contribution in [3.8, 4) is 5.75 Å². The van der Waals surface area contributed by atoms with Crippen LogP contribution in [0.5, 0.6) is 5.75 Å². The summed E-state index contributed by atoms with van der Waals surface area (Å²) in [7, 11) is 1.34. The molecule has 0 bridgehead atoms. The van der Waals surface area contributed by atoms with E-state index in [0.717, 1.165) is 22.1 Å². The topological polar surface area (TPSA) is 84.6 Å². The molecule has 3 heterocycles. The zero-order valence-electron chi connectivity index (χ0n) is 14.5. The van der Waals surface area contributed by atoms with E-state index in [2.05, 4.69) is 14.9 Å². The van der Waals surface area contributed by atoms with Crippen molar-refractivity contribution in [2.75, 3.05) is 43.1 Å². The molecular weight excluding hydrogens is 373 g/mol. The molecule has 0 radical (unpaired) electrons. The molecular formula is C17H16FN5O3S. The van der Waals surface area contributed by atoms with Gasteiger partial charge in [-0.15, -0.1) is 11.3 Å². The summed E-state index contributed by atoms with van der Waals surface area (Å²) in [5.74, 6) is 0.119. The minimum Gasteiger partial charge on any atom is -0.494 e. The third-order valence-corrected chi connectivity index (χ3v) is 5.43. The Labute approximate surface area is 158 Å². The van der Waals surface area contributed by atoms with Gasteiger partial charge in [-0.2, -0.15) is 0 Å². The molecule has 0 aliphatic carbocycles. The van der Waals surface area contributed by atoms with Crippen LogP contribution in [0, 0.1) is 15.9 Å². The molecule has 0 saturated carbocycles. The van der Waals surface area contributed by atoms with Gasteiger partial charge in [0.2, 0.25) is 0 Å². The van der Waals surface area contributed by atoms with Gasteiger partial charge in [0.25, 0.3) is 5.69 Å². The minimum atomic E-state index is -0.743. The number of hydrogen-bond donors (Lipinski definition) is 0. The molecule has 0 spiro atoms. The third-order valence-electron chi connectivity index (χ3n) is 4.61. The molecule has 1 aromatic carbocycles. The van der Waals surface area contributed by atoms with E-state index in [1.807, 2.05) is 16.3 Å². The van der Waals surface area contributed by atoms with Crippen LogP contribution >= 0.6 is 11.3 Å². The van der Waals surface area contributed by atoms with Crippen LogP contribution in [-0.2, 0) is 0 Å². The van der Waals surface area contributed by atoms with Gasteiger partial charge in [0, 0.05) is 32.2 Å². The monoisotopic (exact) mass is 389 g/mol. The van der Waals surface area contributed by atoms with E-state index in [-0.39, 0.29) is 11.4 Å². The Morgan fingerprint density at radius 3 is 2.67 bits per heavy atom. The van der Waals surface area contributed by atoms with Crippen LogP contribution in [0.4, 0.5) is 21.6 Å². The van der Waals surface area contributed by atoms with Crippen LogP contribution in [0.2, 0.25) is 0 Å². The Morgan fingerprint density at radius 1 is 1.22 bits per heavy atom. The molecule has 1 fully saturated rings. The number of thiophene rings is 1. The second-order valence-corrected chi connectivity index (χ2v) is 6.94. The zero-order chi connectivity index (χ0) is 19.0. The van der Waals surface area contributed by atoms with Gasteiger partial charge < -0.3 is 14.5 Å². The maximum atomic E-state index is 13.9. The molecule has 1 saturated heterocycles. The highest BCUT2D eigenvalue weighted by atomic mass is 32.1. The lowest BCUT2D eigenvalue weighted by Crippen LogP contribution is -2.47. The predicted octanol–water partition coefficient (Wildman–Crippen LogP) is 3.07. The number of benzene rings is 1. The van der Waals surface area contributed by atoms with E-state index in [0.29, 0.717) is 31.9 Å². The number of halogens is 1. The molecule has 3 aromatic rings. The molecule has 0 unspecified atom stereocenters. The van der Waals surface area contributed by atoms with Gasteiger partial charge in [-0.3, -0.25) is 10.1 Å². The maximum Gasteiger partial charge on any atom is 0.295 e. The van der Waals surface area contributed by atoms with Gasteiger partial charge in [-0.25, -0.2) is 14.4 Å². The fourth-order valence-electron chi connectivity index (χ4n) is 3.28. The SMILES string of the molecule is COc1cc(N2CCN(c3ncnc4sccc34)CC2)c([N+](=O)[O-])cc1F. The number of nitro benzene ring substituents is 1. The number of fused-ring (bicyclic) bond motifs is 1. The fraction of sp³-hybridized carbons (Fsp3) is 0.294. The van der Waals surface area contributed by atoms with Crippen molar-refractivity contribution in [2.45, 2.75) is 0 Å². The quantitative estimate of drug-likeness (QED) is 0.501. The van der Waals surface area contributed by atoms with E-state index >= 15 is 0 Å². The summed E-state index contributed by atoms with van der Waals surface area (Å²) in [6.45, 7) is 2.37. The number of rotatable bonds is 4. The molecule has 0 amide bonds. The number of nitrogens with zero attached hydrogens (tertiary/aromatic N) is 5. The van der Waals surface area contributed by atoms with Crippen LogP contribution in [-0.4, -0.2) is 48.2 Å². The highest BCUT2D eigenvalue weighted by Gasteiger charge is 2.27. The number of methoxy groups -OCH3 is 1. The van der Waals surface area contributed by atoms with Gasteiger partial charge in [-0.1, -0.05) is 0 Å². The zero-order valence-corrected chi connectivity index (χ0v) is 15.3. The molecule has 0 N–H and O–H groups in total.